The predicted octanol–water partition coefficient (Wildman–Crippen LogP) is 3.76. The number of nitrogens with zero attached hydrogens (tertiary/aromatic N) is 1. The molecule has 154 valence electrons. The zero-order valence-corrected chi connectivity index (χ0v) is 17.1. The molecule has 1 heterocycles. The Morgan fingerprint density at radius 1 is 1.23 bits per heavy atom. The van der Waals surface area contributed by atoms with E-state index >= 15 is 0 Å². The fourth-order valence-electron chi connectivity index (χ4n) is 3.11. The summed E-state index contributed by atoms with van der Waals surface area (Å²) in [5.74, 6) is -1.47. The number of aromatic hydroxyl groups is 1. The number of ether oxygens (including phenoxy) is 1. The Morgan fingerprint density at radius 2 is 1.97 bits per heavy atom. The van der Waals surface area contributed by atoms with Crippen molar-refractivity contribution in [3.8, 4) is 11.5 Å². The van der Waals surface area contributed by atoms with Gasteiger partial charge in [-0.1, -0.05) is 23.7 Å². The first kappa shape index (κ1) is 21.1. The molecule has 1 aliphatic heterocycles. The van der Waals surface area contributed by atoms with Gasteiger partial charge in [0, 0.05) is 10.6 Å². The number of nitrogens with one attached hydrogen (secondary N) is 1. The number of phenolic OH excluding ortho intramolecular Hbond substituents is 1. The van der Waals surface area contributed by atoms with Crippen LogP contribution in [0, 0.1) is 6.92 Å². The van der Waals surface area contributed by atoms with E-state index in [2.05, 4.69) is 11.9 Å². The molecule has 0 atom stereocenters. The number of aryl methyl sites for hydroxylation is 1. The third kappa shape index (κ3) is 3.92. The first-order valence-corrected chi connectivity index (χ1v) is 9.33. The molecule has 7 nitrogen and oxygen atoms in total. The second kappa shape index (κ2) is 8.42. The van der Waals surface area contributed by atoms with Gasteiger partial charge in [-0.25, -0.2) is 9.69 Å². The van der Waals surface area contributed by atoms with Crippen LogP contribution in [0.5, 0.6) is 11.5 Å². The predicted molar refractivity (Wildman–Crippen MR) is 114 cm³/mol. The summed E-state index contributed by atoms with van der Waals surface area (Å²) in [4.78, 5) is 38.8. The summed E-state index contributed by atoms with van der Waals surface area (Å²) in [6.07, 6.45) is 3.30. The number of methoxy groups -OCH3 is 1. The van der Waals surface area contributed by atoms with Crippen LogP contribution >= 0.6 is 11.6 Å². The molecule has 0 aliphatic carbocycles. The van der Waals surface area contributed by atoms with Crippen LogP contribution in [0.1, 0.15) is 16.7 Å². The minimum Gasteiger partial charge on any atom is -0.504 e. The summed E-state index contributed by atoms with van der Waals surface area (Å²) in [5.41, 5.74) is 1.62. The zero-order chi connectivity index (χ0) is 22.0. The minimum absolute atomic E-state index is 0.0506. The van der Waals surface area contributed by atoms with E-state index < -0.39 is 17.8 Å². The Kier molecular flexibility index (Phi) is 5.94. The van der Waals surface area contributed by atoms with Gasteiger partial charge >= 0.3 is 6.03 Å². The molecule has 4 amide bonds. The van der Waals surface area contributed by atoms with Gasteiger partial charge in [-0.3, -0.25) is 14.9 Å². The summed E-state index contributed by atoms with van der Waals surface area (Å²) in [6.45, 7) is 5.37. The molecule has 0 bridgehead atoms. The SMILES string of the molecule is C=CCc1cc(/C=C2\C(=O)NC(=O)N(c3cc(Cl)ccc3C)C2=O)cc(OC)c1O. The molecule has 8 heteroatoms. The summed E-state index contributed by atoms with van der Waals surface area (Å²) < 4.78 is 5.17. The highest BCUT2D eigenvalue weighted by Crippen LogP contribution is 2.33. The van der Waals surface area contributed by atoms with Gasteiger partial charge in [0.1, 0.15) is 5.57 Å². The van der Waals surface area contributed by atoms with Crippen molar-refractivity contribution < 1.29 is 24.2 Å². The summed E-state index contributed by atoms with van der Waals surface area (Å²) in [5, 5.41) is 12.7. The van der Waals surface area contributed by atoms with E-state index in [0.29, 0.717) is 28.1 Å². The van der Waals surface area contributed by atoms with E-state index in [4.69, 9.17) is 16.3 Å². The lowest BCUT2D eigenvalue weighted by Crippen LogP contribution is -2.54. The van der Waals surface area contributed by atoms with Gasteiger partial charge in [0.15, 0.2) is 11.5 Å². The highest BCUT2D eigenvalue weighted by Gasteiger charge is 2.37. The van der Waals surface area contributed by atoms with Crippen molar-refractivity contribution in [2.45, 2.75) is 13.3 Å². The molecule has 0 saturated carbocycles. The van der Waals surface area contributed by atoms with Gasteiger partial charge in [0.25, 0.3) is 11.8 Å². The second-order valence-corrected chi connectivity index (χ2v) is 7.05. The van der Waals surface area contributed by atoms with Crippen LogP contribution in [-0.2, 0) is 16.0 Å². The van der Waals surface area contributed by atoms with E-state index in [1.165, 1.54) is 25.3 Å². The molecule has 2 N–H and O–H groups in total. The molecule has 1 fully saturated rings. The van der Waals surface area contributed by atoms with Crippen molar-refractivity contribution in [1.29, 1.82) is 0 Å². The number of benzene rings is 2. The number of allylic oxidation sites excluding steroid dienone is 1. The summed E-state index contributed by atoms with van der Waals surface area (Å²) >= 11 is 6.02. The van der Waals surface area contributed by atoms with Crippen LogP contribution in [0.15, 0.2) is 48.6 Å². The number of barbiturate groups is 1. The fourth-order valence-corrected chi connectivity index (χ4v) is 3.27. The number of phenols is 1. The van der Waals surface area contributed by atoms with Crippen LogP contribution in [-0.4, -0.2) is 30.1 Å². The van der Waals surface area contributed by atoms with Crippen molar-refractivity contribution in [3.05, 3.63) is 70.3 Å². The van der Waals surface area contributed by atoms with Crippen molar-refractivity contribution in [2.75, 3.05) is 12.0 Å². The van der Waals surface area contributed by atoms with Crippen molar-refractivity contribution in [1.82, 2.24) is 5.32 Å². The van der Waals surface area contributed by atoms with Gasteiger partial charge in [-0.15, -0.1) is 6.58 Å². The molecular formula is C22H19ClN2O5. The van der Waals surface area contributed by atoms with Crippen LogP contribution in [0.4, 0.5) is 10.5 Å². The zero-order valence-electron chi connectivity index (χ0n) is 16.4. The number of urea groups is 1. The first-order chi connectivity index (χ1) is 14.3. The minimum atomic E-state index is -0.858. The lowest BCUT2D eigenvalue weighted by atomic mass is 10.0. The quantitative estimate of drug-likeness (QED) is 0.431. The topological polar surface area (TPSA) is 95.9 Å². The van der Waals surface area contributed by atoms with Gasteiger partial charge in [-0.2, -0.15) is 0 Å². The van der Waals surface area contributed by atoms with Crippen molar-refractivity contribution >= 4 is 41.2 Å². The van der Waals surface area contributed by atoms with Crippen LogP contribution in [0.25, 0.3) is 6.08 Å². The molecule has 2 aromatic rings. The molecular weight excluding hydrogens is 408 g/mol. The highest BCUT2D eigenvalue weighted by molar-refractivity contribution is 6.39. The third-order valence-corrected chi connectivity index (χ3v) is 4.82. The summed E-state index contributed by atoms with van der Waals surface area (Å²) in [6, 6.07) is 7.03. The van der Waals surface area contributed by atoms with E-state index in [1.807, 2.05) is 0 Å². The Bertz CT molecular complexity index is 1110. The lowest BCUT2D eigenvalue weighted by molar-refractivity contribution is -0.122. The average Bonchev–Trinajstić information content (AvgIpc) is 2.70. The monoisotopic (exact) mass is 426 g/mol. The molecule has 1 aliphatic rings. The van der Waals surface area contributed by atoms with Crippen LogP contribution < -0.4 is 15.0 Å². The molecule has 0 radical (unpaired) electrons. The van der Waals surface area contributed by atoms with Gasteiger partial charge in [0.05, 0.1) is 12.8 Å². The molecule has 0 unspecified atom stereocenters. The molecule has 2 aromatic carbocycles. The molecule has 0 aromatic heterocycles. The molecule has 1 saturated heterocycles. The van der Waals surface area contributed by atoms with Crippen LogP contribution in [0.3, 0.4) is 0 Å². The van der Waals surface area contributed by atoms with Gasteiger partial charge in [-0.05, 0) is 54.8 Å². The Hall–Kier alpha value is -3.58. The number of hydrogen-bond donors (Lipinski definition) is 2. The Balaban J connectivity index is 2.10. The van der Waals surface area contributed by atoms with Crippen molar-refractivity contribution in [2.24, 2.45) is 0 Å². The Labute approximate surface area is 178 Å². The highest BCUT2D eigenvalue weighted by atomic mass is 35.5. The maximum atomic E-state index is 13.1. The van der Waals surface area contributed by atoms with Gasteiger partial charge < -0.3 is 9.84 Å². The number of carbonyl (C=O) groups is 3. The number of imide groups is 2. The van der Waals surface area contributed by atoms with E-state index in [0.717, 1.165) is 4.90 Å². The number of rotatable bonds is 5. The van der Waals surface area contributed by atoms with E-state index in [1.54, 1.807) is 31.2 Å². The number of carbonyl (C=O) groups excluding carboxylic acids is 3. The number of amides is 4. The number of halogens is 1. The largest absolute Gasteiger partial charge is 0.504 e. The summed E-state index contributed by atoms with van der Waals surface area (Å²) in [7, 11) is 1.39. The third-order valence-electron chi connectivity index (χ3n) is 4.59. The number of hydrogen-bond acceptors (Lipinski definition) is 5. The molecule has 3 rings (SSSR count). The standard InChI is InChI=1S/C22H19ClN2O5/c1-4-5-14-8-13(10-18(30-3)19(14)26)9-16-20(27)24-22(29)25(21(16)28)17-11-15(23)7-6-12(17)2/h4,6-11,26H,1,5H2,2-3H3,(H,24,27,29)/b16-9+. The maximum absolute atomic E-state index is 13.1. The first-order valence-electron chi connectivity index (χ1n) is 8.95. The second-order valence-electron chi connectivity index (χ2n) is 6.61. The smallest absolute Gasteiger partial charge is 0.335 e. The fraction of sp³-hybridized carbons (Fsp3) is 0.136. The van der Waals surface area contributed by atoms with E-state index in [-0.39, 0.29) is 22.8 Å². The molecule has 0 spiro atoms. The van der Waals surface area contributed by atoms with Crippen molar-refractivity contribution in [3.63, 3.8) is 0 Å². The number of anilines is 1. The van der Waals surface area contributed by atoms with Gasteiger partial charge in [0.2, 0.25) is 0 Å². The molecule has 30 heavy (non-hydrogen) atoms. The normalized spacial score (nSPS) is 15.4. The average molecular weight is 427 g/mol. The maximum Gasteiger partial charge on any atom is 0.335 e. The lowest BCUT2D eigenvalue weighted by Gasteiger charge is -2.27. The van der Waals surface area contributed by atoms with E-state index in [9.17, 15) is 19.5 Å². The Morgan fingerprint density at radius 3 is 2.63 bits per heavy atom. The van der Waals surface area contributed by atoms with Crippen LogP contribution in [0.2, 0.25) is 5.02 Å².